The smallest absolute Gasteiger partial charge is 0.328 e. The number of carbonyl (C=O) groups is 1. The Balaban J connectivity index is 2.64. The van der Waals surface area contributed by atoms with Crippen molar-refractivity contribution in [1.82, 2.24) is 5.01 Å². The van der Waals surface area contributed by atoms with Gasteiger partial charge in [0.25, 0.3) is 0 Å². The van der Waals surface area contributed by atoms with Crippen molar-refractivity contribution >= 4 is 23.3 Å². The molecule has 0 amide bonds. The summed E-state index contributed by atoms with van der Waals surface area (Å²) in [6, 6.07) is -0.495. The van der Waals surface area contributed by atoms with Gasteiger partial charge < -0.3 is 5.11 Å². The summed E-state index contributed by atoms with van der Waals surface area (Å²) in [6.07, 6.45) is 1.51. The maximum absolute atomic E-state index is 10.5. The highest BCUT2D eigenvalue weighted by Crippen LogP contribution is 2.16. The van der Waals surface area contributed by atoms with Gasteiger partial charge in [-0.1, -0.05) is 0 Å². The molecular formula is C6H8N2O2S. The Labute approximate surface area is 69.5 Å². The van der Waals surface area contributed by atoms with E-state index in [0.29, 0.717) is 13.0 Å². The molecule has 0 spiro atoms. The van der Waals surface area contributed by atoms with Crippen LogP contribution in [0.3, 0.4) is 0 Å². The minimum Gasteiger partial charge on any atom is -0.480 e. The van der Waals surface area contributed by atoms with Gasteiger partial charge in [-0.25, -0.2) is 4.79 Å². The van der Waals surface area contributed by atoms with Crippen LogP contribution in [0.25, 0.3) is 0 Å². The molecule has 0 aromatic rings. The summed E-state index contributed by atoms with van der Waals surface area (Å²) in [7, 11) is 0. The van der Waals surface area contributed by atoms with Gasteiger partial charge in [0.1, 0.15) is 6.04 Å². The molecular weight excluding hydrogens is 164 g/mol. The number of carboxylic acids is 1. The van der Waals surface area contributed by atoms with Crippen molar-refractivity contribution in [3.05, 3.63) is 0 Å². The fourth-order valence-electron chi connectivity index (χ4n) is 1.17. The lowest BCUT2D eigenvalue weighted by molar-refractivity contribution is -0.142. The number of hydrogen-bond donors (Lipinski definition) is 1. The molecule has 1 aliphatic rings. The van der Waals surface area contributed by atoms with Gasteiger partial charge in [-0.15, -0.1) is 5.10 Å². The van der Waals surface area contributed by atoms with Gasteiger partial charge in [0, 0.05) is 6.54 Å². The Morgan fingerprint density at radius 1 is 1.82 bits per heavy atom. The normalized spacial score (nSPS) is 22.9. The average molecular weight is 172 g/mol. The first-order valence-electron chi connectivity index (χ1n) is 3.33. The third-order valence-electron chi connectivity index (χ3n) is 1.68. The molecule has 11 heavy (non-hydrogen) atoms. The molecule has 1 rings (SSSR count). The molecule has 1 saturated heterocycles. The fourth-order valence-corrected chi connectivity index (χ4v) is 1.28. The summed E-state index contributed by atoms with van der Waals surface area (Å²) in [4.78, 5) is 10.5. The quantitative estimate of drug-likeness (QED) is 0.488. The second-order valence-corrected chi connectivity index (χ2v) is 2.53. The van der Waals surface area contributed by atoms with E-state index in [1.54, 1.807) is 0 Å². The van der Waals surface area contributed by atoms with Crippen LogP contribution in [0.1, 0.15) is 12.8 Å². The minimum atomic E-state index is -0.837. The summed E-state index contributed by atoms with van der Waals surface area (Å²) in [6.45, 7) is 0.667. The monoisotopic (exact) mass is 172 g/mol. The summed E-state index contributed by atoms with van der Waals surface area (Å²) in [5, 5.41) is 15.9. The highest BCUT2D eigenvalue weighted by atomic mass is 32.1. The first-order chi connectivity index (χ1) is 5.25. The van der Waals surface area contributed by atoms with Gasteiger partial charge in [0.05, 0.1) is 5.16 Å². The predicted molar refractivity (Wildman–Crippen MR) is 42.4 cm³/mol. The van der Waals surface area contributed by atoms with Crippen LogP contribution in [0.15, 0.2) is 5.10 Å². The number of hydrogen-bond acceptors (Lipinski definition) is 4. The lowest BCUT2D eigenvalue weighted by Gasteiger charge is -2.14. The number of thiocarbonyl (C=S) groups is 1. The lowest BCUT2D eigenvalue weighted by atomic mass is 10.2. The molecule has 1 N–H and O–H groups in total. The number of hydrazone groups is 1. The lowest BCUT2D eigenvalue weighted by Crippen LogP contribution is -2.31. The Hall–Kier alpha value is -0.930. The SMILES string of the molecule is O=C(O)[C@@H]1CCCN1N=C=S. The van der Waals surface area contributed by atoms with E-state index in [-0.39, 0.29) is 0 Å². The molecule has 5 heteroatoms. The molecule has 0 saturated carbocycles. The van der Waals surface area contributed by atoms with Crippen molar-refractivity contribution < 1.29 is 9.90 Å². The van der Waals surface area contributed by atoms with Crippen molar-refractivity contribution in [3.8, 4) is 0 Å². The summed E-state index contributed by atoms with van der Waals surface area (Å²) in [5.41, 5.74) is 0. The summed E-state index contributed by atoms with van der Waals surface area (Å²) < 4.78 is 0. The zero-order valence-corrected chi connectivity index (χ0v) is 6.67. The first kappa shape index (κ1) is 8.17. The summed E-state index contributed by atoms with van der Waals surface area (Å²) in [5.74, 6) is -0.837. The van der Waals surface area contributed by atoms with Gasteiger partial charge in [-0.3, -0.25) is 5.01 Å². The Morgan fingerprint density at radius 2 is 2.55 bits per heavy atom. The number of isothiocyanates is 1. The minimum absolute atomic E-state index is 0.495. The number of carboxylic acid groups (broad SMARTS) is 1. The highest BCUT2D eigenvalue weighted by molar-refractivity contribution is 7.78. The largest absolute Gasteiger partial charge is 0.480 e. The van der Waals surface area contributed by atoms with Crippen LogP contribution in [-0.4, -0.2) is 33.8 Å². The van der Waals surface area contributed by atoms with Gasteiger partial charge in [-0.2, -0.15) is 0 Å². The molecule has 0 radical (unpaired) electrons. The van der Waals surface area contributed by atoms with Crippen molar-refractivity contribution in [1.29, 1.82) is 0 Å². The van der Waals surface area contributed by atoms with E-state index < -0.39 is 12.0 Å². The Morgan fingerprint density at radius 3 is 3.09 bits per heavy atom. The van der Waals surface area contributed by atoms with E-state index in [1.807, 2.05) is 0 Å². The first-order valence-corrected chi connectivity index (χ1v) is 3.74. The van der Waals surface area contributed by atoms with Crippen LogP contribution in [0.2, 0.25) is 0 Å². The zero-order valence-electron chi connectivity index (χ0n) is 5.86. The van der Waals surface area contributed by atoms with Crippen molar-refractivity contribution in [2.24, 2.45) is 5.10 Å². The van der Waals surface area contributed by atoms with Crippen molar-refractivity contribution in [2.75, 3.05) is 6.54 Å². The summed E-state index contributed by atoms with van der Waals surface area (Å²) >= 11 is 4.38. The predicted octanol–water partition coefficient (Wildman–Crippen LogP) is 0.553. The van der Waals surface area contributed by atoms with Gasteiger partial charge in [0.15, 0.2) is 0 Å². The number of rotatable bonds is 2. The standard InChI is InChI=1S/C6H8N2O2S/c9-6(10)5-2-1-3-8(5)7-4-11/h5H,1-3H2,(H,9,10)/t5-/m0/s1. The Kier molecular flexibility index (Phi) is 2.57. The van der Waals surface area contributed by atoms with E-state index in [1.165, 1.54) is 5.01 Å². The van der Waals surface area contributed by atoms with E-state index in [9.17, 15) is 4.79 Å². The maximum atomic E-state index is 10.5. The van der Waals surface area contributed by atoms with Crippen LogP contribution in [0, 0.1) is 0 Å². The molecule has 0 bridgehead atoms. The van der Waals surface area contributed by atoms with E-state index >= 15 is 0 Å². The fraction of sp³-hybridized carbons (Fsp3) is 0.667. The van der Waals surface area contributed by atoms with Crippen LogP contribution < -0.4 is 0 Å². The van der Waals surface area contributed by atoms with E-state index in [2.05, 4.69) is 22.5 Å². The molecule has 0 aliphatic carbocycles. The van der Waals surface area contributed by atoms with E-state index in [0.717, 1.165) is 6.42 Å². The molecule has 0 aromatic carbocycles. The topological polar surface area (TPSA) is 52.9 Å². The number of nitrogens with zero attached hydrogens (tertiary/aromatic N) is 2. The zero-order chi connectivity index (χ0) is 8.27. The molecule has 4 nitrogen and oxygen atoms in total. The Bertz CT molecular complexity index is 205. The van der Waals surface area contributed by atoms with Crippen molar-refractivity contribution in [2.45, 2.75) is 18.9 Å². The molecule has 0 unspecified atom stereocenters. The molecule has 1 atom stereocenters. The van der Waals surface area contributed by atoms with Crippen LogP contribution in [0.5, 0.6) is 0 Å². The van der Waals surface area contributed by atoms with Gasteiger partial charge in [-0.05, 0) is 25.1 Å². The third-order valence-corrected chi connectivity index (χ3v) is 1.76. The molecule has 1 fully saturated rings. The molecule has 0 aromatic heterocycles. The second kappa shape index (κ2) is 3.46. The van der Waals surface area contributed by atoms with E-state index in [4.69, 9.17) is 5.11 Å². The highest BCUT2D eigenvalue weighted by Gasteiger charge is 2.29. The third kappa shape index (κ3) is 1.76. The maximum Gasteiger partial charge on any atom is 0.328 e. The average Bonchev–Trinajstić information content (AvgIpc) is 2.36. The van der Waals surface area contributed by atoms with Crippen molar-refractivity contribution in [3.63, 3.8) is 0 Å². The molecule has 1 heterocycles. The van der Waals surface area contributed by atoms with Crippen LogP contribution >= 0.6 is 12.2 Å². The second-order valence-electron chi connectivity index (χ2n) is 2.35. The van der Waals surface area contributed by atoms with Gasteiger partial charge in [0.2, 0.25) is 0 Å². The number of aliphatic carboxylic acids is 1. The molecule has 1 aliphatic heterocycles. The van der Waals surface area contributed by atoms with Gasteiger partial charge >= 0.3 is 5.97 Å². The molecule has 60 valence electrons. The van der Waals surface area contributed by atoms with Crippen LogP contribution in [-0.2, 0) is 4.79 Å². The van der Waals surface area contributed by atoms with Crippen LogP contribution in [0.4, 0.5) is 0 Å².